The molecule has 0 aliphatic carbocycles. The van der Waals surface area contributed by atoms with Crippen LogP contribution in [0, 0.1) is 16.7 Å². The molecule has 0 fully saturated rings. The highest BCUT2D eigenvalue weighted by Crippen LogP contribution is 2.47. The van der Waals surface area contributed by atoms with Crippen molar-refractivity contribution < 1.29 is 4.79 Å². The van der Waals surface area contributed by atoms with E-state index in [1.54, 1.807) is 0 Å². The Balaban J connectivity index is 2.23. The predicted molar refractivity (Wildman–Crippen MR) is 120 cm³/mol. The van der Waals surface area contributed by atoms with Crippen molar-refractivity contribution in [3.05, 3.63) is 60.2 Å². The molecule has 0 saturated heterocycles. The minimum Gasteiger partial charge on any atom is -0.399 e. The molecule has 0 aromatic heterocycles. The molecule has 0 heterocycles. The standard InChI is InChI=1S/C25H36N2O/c1-7-25(6,17-22(24(3,4)5)19-11-9-8-10-12-19)18(2)23(28)27-21-15-13-20(26)14-16-21/h8-16,18,22H,7,17,26H2,1-6H3,(H,27,28). The lowest BCUT2D eigenvalue weighted by atomic mass is 9.63. The number of carbonyl (C=O) groups is 1. The second-order valence-electron chi connectivity index (χ2n) is 9.37. The van der Waals surface area contributed by atoms with Gasteiger partial charge in [0.1, 0.15) is 0 Å². The largest absolute Gasteiger partial charge is 0.399 e. The van der Waals surface area contributed by atoms with Gasteiger partial charge in [-0.3, -0.25) is 4.79 Å². The third-order valence-corrected chi connectivity index (χ3v) is 6.34. The highest BCUT2D eigenvalue weighted by Gasteiger charge is 2.39. The van der Waals surface area contributed by atoms with E-state index < -0.39 is 0 Å². The van der Waals surface area contributed by atoms with Crippen LogP contribution in [0.3, 0.4) is 0 Å². The number of nitrogens with one attached hydrogen (secondary N) is 1. The summed E-state index contributed by atoms with van der Waals surface area (Å²) in [6, 6.07) is 18.0. The smallest absolute Gasteiger partial charge is 0.227 e. The third kappa shape index (κ3) is 5.37. The van der Waals surface area contributed by atoms with E-state index in [1.165, 1.54) is 5.56 Å². The fourth-order valence-corrected chi connectivity index (χ4v) is 3.84. The zero-order chi connectivity index (χ0) is 20.9. The summed E-state index contributed by atoms with van der Waals surface area (Å²) in [4.78, 5) is 13.0. The highest BCUT2D eigenvalue weighted by atomic mass is 16.1. The Hall–Kier alpha value is -2.29. The number of nitrogens with two attached hydrogens (primary N) is 1. The van der Waals surface area contributed by atoms with E-state index >= 15 is 0 Å². The fourth-order valence-electron chi connectivity index (χ4n) is 3.84. The van der Waals surface area contributed by atoms with Crippen LogP contribution in [0.2, 0.25) is 0 Å². The van der Waals surface area contributed by atoms with Crippen molar-refractivity contribution in [1.29, 1.82) is 0 Å². The first-order valence-corrected chi connectivity index (χ1v) is 10.3. The molecule has 0 radical (unpaired) electrons. The van der Waals surface area contributed by atoms with Gasteiger partial charge in [-0.05, 0) is 59.4 Å². The van der Waals surface area contributed by atoms with Crippen LogP contribution in [0.4, 0.5) is 11.4 Å². The quantitative estimate of drug-likeness (QED) is 0.540. The second-order valence-corrected chi connectivity index (χ2v) is 9.37. The van der Waals surface area contributed by atoms with Crippen molar-refractivity contribution in [1.82, 2.24) is 0 Å². The molecule has 3 atom stereocenters. The molecule has 0 spiro atoms. The van der Waals surface area contributed by atoms with Crippen molar-refractivity contribution in [2.45, 2.75) is 60.3 Å². The predicted octanol–water partition coefficient (Wildman–Crippen LogP) is 6.48. The van der Waals surface area contributed by atoms with Crippen LogP contribution in [-0.2, 0) is 4.79 Å². The van der Waals surface area contributed by atoms with Crippen molar-refractivity contribution in [3.63, 3.8) is 0 Å². The Bertz CT molecular complexity index is 761. The van der Waals surface area contributed by atoms with Crippen LogP contribution in [-0.4, -0.2) is 5.91 Å². The Labute approximate surface area is 170 Å². The van der Waals surface area contributed by atoms with Gasteiger partial charge in [-0.15, -0.1) is 0 Å². The molecule has 152 valence electrons. The number of amides is 1. The molecule has 2 rings (SSSR count). The van der Waals surface area contributed by atoms with E-state index in [1.807, 2.05) is 24.3 Å². The summed E-state index contributed by atoms with van der Waals surface area (Å²) in [5.41, 5.74) is 8.59. The van der Waals surface area contributed by atoms with Gasteiger partial charge in [0.15, 0.2) is 0 Å². The van der Waals surface area contributed by atoms with E-state index in [4.69, 9.17) is 5.73 Å². The normalized spacial score (nSPS) is 16.1. The van der Waals surface area contributed by atoms with Crippen molar-refractivity contribution in [3.8, 4) is 0 Å². The summed E-state index contributed by atoms with van der Waals surface area (Å²) in [7, 11) is 0. The van der Waals surface area contributed by atoms with E-state index in [0.717, 1.165) is 18.5 Å². The molecule has 2 aromatic carbocycles. The number of hydrogen-bond donors (Lipinski definition) is 2. The van der Waals surface area contributed by atoms with Crippen LogP contribution in [0.1, 0.15) is 65.9 Å². The monoisotopic (exact) mass is 380 g/mol. The Morgan fingerprint density at radius 2 is 1.57 bits per heavy atom. The van der Waals surface area contributed by atoms with Crippen LogP contribution in [0.15, 0.2) is 54.6 Å². The van der Waals surface area contributed by atoms with Gasteiger partial charge in [-0.2, -0.15) is 0 Å². The lowest BCUT2D eigenvalue weighted by Crippen LogP contribution is -2.37. The van der Waals surface area contributed by atoms with E-state index in [-0.39, 0.29) is 22.7 Å². The van der Waals surface area contributed by atoms with E-state index in [0.29, 0.717) is 11.6 Å². The third-order valence-electron chi connectivity index (χ3n) is 6.34. The maximum Gasteiger partial charge on any atom is 0.227 e. The first-order chi connectivity index (χ1) is 13.1. The molecule has 0 bridgehead atoms. The summed E-state index contributed by atoms with van der Waals surface area (Å²) in [5.74, 6) is 0.337. The number of carbonyl (C=O) groups excluding carboxylic acids is 1. The molecule has 3 nitrogen and oxygen atoms in total. The van der Waals surface area contributed by atoms with E-state index in [9.17, 15) is 4.79 Å². The van der Waals surface area contributed by atoms with Crippen LogP contribution < -0.4 is 11.1 Å². The summed E-state index contributed by atoms with van der Waals surface area (Å²) in [5, 5.41) is 3.07. The van der Waals surface area contributed by atoms with Gasteiger partial charge in [0, 0.05) is 17.3 Å². The van der Waals surface area contributed by atoms with E-state index in [2.05, 4.69) is 77.2 Å². The molecule has 1 amide bonds. The average Bonchev–Trinajstić information content (AvgIpc) is 2.66. The first kappa shape index (κ1) is 22.0. The average molecular weight is 381 g/mol. The highest BCUT2D eigenvalue weighted by molar-refractivity contribution is 5.93. The maximum absolute atomic E-state index is 13.0. The Kier molecular flexibility index (Phi) is 6.92. The second kappa shape index (κ2) is 8.81. The number of hydrogen-bond acceptors (Lipinski definition) is 2. The van der Waals surface area contributed by atoms with Crippen molar-refractivity contribution in [2.75, 3.05) is 11.1 Å². The van der Waals surface area contributed by atoms with Crippen molar-refractivity contribution >= 4 is 17.3 Å². The topological polar surface area (TPSA) is 55.1 Å². The number of rotatable bonds is 7. The van der Waals surface area contributed by atoms with Gasteiger partial charge in [0.25, 0.3) is 0 Å². The molecular weight excluding hydrogens is 344 g/mol. The molecule has 2 aromatic rings. The summed E-state index contributed by atoms with van der Waals surface area (Å²) in [6.45, 7) is 13.4. The molecular formula is C25H36N2O. The summed E-state index contributed by atoms with van der Waals surface area (Å²) >= 11 is 0. The summed E-state index contributed by atoms with van der Waals surface area (Å²) < 4.78 is 0. The number of anilines is 2. The molecule has 3 N–H and O–H groups in total. The van der Waals surface area contributed by atoms with Gasteiger partial charge in [0.2, 0.25) is 5.91 Å². The Morgan fingerprint density at radius 3 is 2.07 bits per heavy atom. The van der Waals surface area contributed by atoms with Crippen molar-refractivity contribution in [2.24, 2.45) is 16.7 Å². The van der Waals surface area contributed by atoms with Gasteiger partial charge < -0.3 is 11.1 Å². The minimum atomic E-state index is -0.108. The Morgan fingerprint density at radius 1 is 1.00 bits per heavy atom. The van der Waals surface area contributed by atoms with Gasteiger partial charge in [-0.1, -0.05) is 71.9 Å². The minimum absolute atomic E-state index is 0.0647. The lowest BCUT2D eigenvalue weighted by molar-refractivity contribution is -0.123. The van der Waals surface area contributed by atoms with Gasteiger partial charge >= 0.3 is 0 Å². The molecule has 3 heteroatoms. The molecule has 0 aliphatic heterocycles. The van der Waals surface area contributed by atoms with Crippen LogP contribution in [0.5, 0.6) is 0 Å². The fraction of sp³-hybridized carbons (Fsp3) is 0.480. The zero-order valence-electron chi connectivity index (χ0n) is 18.3. The molecule has 0 saturated carbocycles. The first-order valence-electron chi connectivity index (χ1n) is 10.3. The molecule has 0 aliphatic rings. The lowest BCUT2D eigenvalue weighted by Gasteiger charge is -2.42. The van der Waals surface area contributed by atoms with Gasteiger partial charge in [0.05, 0.1) is 0 Å². The molecule has 28 heavy (non-hydrogen) atoms. The maximum atomic E-state index is 13.0. The van der Waals surface area contributed by atoms with Crippen LogP contribution in [0.25, 0.3) is 0 Å². The van der Waals surface area contributed by atoms with Gasteiger partial charge in [-0.25, -0.2) is 0 Å². The van der Waals surface area contributed by atoms with Crippen LogP contribution >= 0.6 is 0 Å². The number of nitrogen functional groups attached to an aromatic ring is 1. The summed E-state index contributed by atoms with van der Waals surface area (Å²) in [6.07, 6.45) is 1.91. The molecule has 3 unspecified atom stereocenters. The SMILES string of the molecule is CCC(C)(CC(c1ccccc1)C(C)(C)C)C(C)C(=O)Nc1ccc(N)cc1. The number of benzene rings is 2. The zero-order valence-corrected chi connectivity index (χ0v) is 18.3.